The maximum atomic E-state index is 10.2. The monoisotopic (exact) mass is 256 g/mol. The number of hydrogen-bond acceptors (Lipinski definition) is 3. The van der Waals surface area contributed by atoms with Crippen LogP contribution in [-0.4, -0.2) is 20.5 Å². The summed E-state index contributed by atoms with van der Waals surface area (Å²) in [6.45, 7) is 2.09. The fourth-order valence-corrected chi connectivity index (χ4v) is 1.63. The minimum atomic E-state index is -2.20. The second kappa shape index (κ2) is 7.21. The van der Waals surface area contributed by atoms with Crippen LogP contribution in [0.15, 0.2) is 30.4 Å². The average Bonchev–Trinajstić information content (AvgIpc) is 2.27. The van der Waals surface area contributed by atoms with Crippen molar-refractivity contribution in [2.75, 3.05) is 6.61 Å². The zero-order valence-electron chi connectivity index (χ0n) is 9.63. The number of aryl methyl sites for hydroxylation is 2. The van der Waals surface area contributed by atoms with Gasteiger partial charge in [0, 0.05) is 0 Å². The quantitative estimate of drug-likeness (QED) is 0.605. The fourth-order valence-electron chi connectivity index (χ4n) is 1.44. The molecule has 0 fully saturated rings. The van der Waals surface area contributed by atoms with Gasteiger partial charge in [0.25, 0.3) is 0 Å². The van der Waals surface area contributed by atoms with Crippen LogP contribution in [0, 0.1) is 6.92 Å². The molecule has 1 aromatic carbocycles. The molecule has 5 heteroatoms. The van der Waals surface area contributed by atoms with E-state index in [0.29, 0.717) is 5.75 Å². The van der Waals surface area contributed by atoms with Crippen molar-refractivity contribution in [1.29, 1.82) is 0 Å². The first-order valence-electron chi connectivity index (χ1n) is 5.27. The summed E-state index contributed by atoms with van der Waals surface area (Å²) in [6.07, 6.45) is 5.01. The van der Waals surface area contributed by atoms with Gasteiger partial charge >= 0.3 is 11.4 Å². The molecule has 0 saturated carbocycles. The van der Waals surface area contributed by atoms with Crippen LogP contribution >= 0.6 is 0 Å². The minimum absolute atomic E-state index is 0.114. The lowest BCUT2D eigenvalue weighted by Gasteiger charge is -2.03. The smallest absolute Gasteiger partial charge is 0.302 e. The SMILES string of the molecule is Cc1ccc(O)c(CC/C=C\COS(=O)O)c1. The number of rotatable bonds is 6. The van der Waals surface area contributed by atoms with E-state index in [4.69, 9.17) is 4.55 Å². The van der Waals surface area contributed by atoms with Crippen LogP contribution in [0.3, 0.4) is 0 Å². The second-order valence-electron chi connectivity index (χ2n) is 3.64. The number of hydrogen-bond donors (Lipinski definition) is 2. The number of aromatic hydroxyl groups is 1. The van der Waals surface area contributed by atoms with Crippen molar-refractivity contribution in [1.82, 2.24) is 0 Å². The summed E-state index contributed by atoms with van der Waals surface area (Å²) in [5.74, 6) is 0.303. The Labute approximate surface area is 103 Å². The third-order valence-electron chi connectivity index (χ3n) is 2.25. The Bertz CT molecular complexity index is 415. The van der Waals surface area contributed by atoms with Gasteiger partial charge in [0.1, 0.15) is 5.75 Å². The first-order valence-corrected chi connectivity index (χ1v) is 6.30. The van der Waals surface area contributed by atoms with E-state index in [2.05, 4.69) is 4.18 Å². The minimum Gasteiger partial charge on any atom is -0.508 e. The summed E-state index contributed by atoms with van der Waals surface area (Å²) in [4.78, 5) is 0. The summed E-state index contributed by atoms with van der Waals surface area (Å²) in [5.41, 5.74) is 2.02. The van der Waals surface area contributed by atoms with Crippen LogP contribution in [0.5, 0.6) is 5.75 Å². The molecule has 0 amide bonds. The molecule has 0 radical (unpaired) electrons. The Balaban J connectivity index is 2.35. The standard InChI is InChI=1S/C12H16O4S/c1-10-6-7-12(13)11(9-10)5-3-2-4-8-16-17(14)15/h2,4,6-7,9,13H,3,5,8H2,1H3,(H,14,15)/b4-2-. The zero-order valence-corrected chi connectivity index (χ0v) is 10.4. The third-order valence-corrected chi connectivity index (χ3v) is 2.58. The van der Waals surface area contributed by atoms with Crippen molar-refractivity contribution in [3.63, 3.8) is 0 Å². The Kier molecular flexibility index (Phi) is 5.90. The van der Waals surface area contributed by atoms with Gasteiger partial charge in [-0.1, -0.05) is 29.8 Å². The van der Waals surface area contributed by atoms with E-state index < -0.39 is 11.4 Å². The van der Waals surface area contributed by atoms with E-state index in [-0.39, 0.29) is 6.61 Å². The molecule has 2 N–H and O–H groups in total. The maximum absolute atomic E-state index is 10.2. The summed E-state index contributed by atoms with van der Waals surface area (Å²) < 4.78 is 22.9. The molecule has 0 saturated heterocycles. The Morgan fingerprint density at radius 1 is 1.41 bits per heavy atom. The molecule has 94 valence electrons. The van der Waals surface area contributed by atoms with Crippen LogP contribution in [0.4, 0.5) is 0 Å². The van der Waals surface area contributed by atoms with Crippen molar-refractivity contribution in [2.45, 2.75) is 19.8 Å². The molecule has 0 aliphatic rings. The summed E-state index contributed by atoms with van der Waals surface area (Å²) in [6, 6.07) is 5.49. The van der Waals surface area contributed by atoms with Crippen molar-refractivity contribution in [3.8, 4) is 5.75 Å². The van der Waals surface area contributed by atoms with Crippen LogP contribution in [0.2, 0.25) is 0 Å². The normalized spacial score (nSPS) is 13.1. The first kappa shape index (κ1) is 13.9. The molecule has 0 spiro atoms. The van der Waals surface area contributed by atoms with Crippen LogP contribution in [0.1, 0.15) is 17.5 Å². The highest BCUT2D eigenvalue weighted by atomic mass is 32.2. The molecule has 0 aliphatic heterocycles. The average molecular weight is 256 g/mol. The van der Waals surface area contributed by atoms with Crippen LogP contribution < -0.4 is 0 Å². The van der Waals surface area contributed by atoms with E-state index in [9.17, 15) is 9.32 Å². The van der Waals surface area contributed by atoms with E-state index in [1.165, 1.54) is 0 Å². The van der Waals surface area contributed by atoms with Gasteiger partial charge in [-0.3, -0.25) is 8.74 Å². The Morgan fingerprint density at radius 2 is 2.18 bits per heavy atom. The number of phenolic OH excluding ortho intramolecular Hbond substituents is 1. The largest absolute Gasteiger partial charge is 0.508 e. The highest BCUT2D eigenvalue weighted by molar-refractivity contribution is 7.74. The molecule has 0 heterocycles. The van der Waals surface area contributed by atoms with Gasteiger partial charge < -0.3 is 5.11 Å². The predicted octanol–water partition coefficient (Wildman–Crippen LogP) is 2.34. The van der Waals surface area contributed by atoms with Crippen molar-refractivity contribution in [2.24, 2.45) is 0 Å². The predicted molar refractivity (Wildman–Crippen MR) is 67.0 cm³/mol. The summed E-state index contributed by atoms with van der Waals surface area (Å²) >= 11 is -2.20. The van der Waals surface area contributed by atoms with Gasteiger partial charge in [-0.05, 0) is 31.4 Å². The molecular formula is C12H16O4S. The Hall–Kier alpha value is -1.17. The van der Waals surface area contributed by atoms with Gasteiger partial charge in [0.05, 0.1) is 6.61 Å². The van der Waals surface area contributed by atoms with E-state index in [1.54, 1.807) is 12.1 Å². The number of allylic oxidation sites excluding steroid dienone is 1. The number of benzene rings is 1. The molecular weight excluding hydrogens is 240 g/mol. The van der Waals surface area contributed by atoms with Gasteiger partial charge in [-0.15, -0.1) is 0 Å². The van der Waals surface area contributed by atoms with Crippen LogP contribution in [0.25, 0.3) is 0 Å². The molecule has 0 aromatic heterocycles. The maximum Gasteiger partial charge on any atom is 0.302 e. The van der Waals surface area contributed by atoms with Gasteiger partial charge in [0.2, 0.25) is 0 Å². The molecule has 4 nitrogen and oxygen atoms in total. The van der Waals surface area contributed by atoms with E-state index in [0.717, 1.165) is 24.0 Å². The van der Waals surface area contributed by atoms with Gasteiger partial charge in [-0.25, -0.2) is 0 Å². The van der Waals surface area contributed by atoms with Crippen molar-refractivity contribution >= 4 is 11.4 Å². The molecule has 1 aromatic rings. The fraction of sp³-hybridized carbons (Fsp3) is 0.333. The molecule has 0 aliphatic carbocycles. The zero-order chi connectivity index (χ0) is 12.7. The van der Waals surface area contributed by atoms with Gasteiger partial charge in [0.15, 0.2) is 0 Å². The van der Waals surface area contributed by atoms with Gasteiger partial charge in [-0.2, -0.15) is 4.21 Å². The topological polar surface area (TPSA) is 66.8 Å². The summed E-state index contributed by atoms with van der Waals surface area (Å²) in [7, 11) is 0. The molecule has 1 unspecified atom stereocenters. The van der Waals surface area contributed by atoms with Crippen molar-refractivity contribution in [3.05, 3.63) is 41.5 Å². The lowest BCUT2D eigenvalue weighted by Crippen LogP contribution is -1.94. The summed E-state index contributed by atoms with van der Waals surface area (Å²) in [5, 5.41) is 9.59. The Morgan fingerprint density at radius 3 is 2.88 bits per heavy atom. The lowest BCUT2D eigenvalue weighted by molar-refractivity contribution is 0.342. The third kappa shape index (κ3) is 5.63. The number of phenols is 1. The van der Waals surface area contributed by atoms with E-state index >= 15 is 0 Å². The van der Waals surface area contributed by atoms with E-state index in [1.807, 2.05) is 25.1 Å². The van der Waals surface area contributed by atoms with Crippen LogP contribution in [-0.2, 0) is 22.0 Å². The lowest BCUT2D eigenvalue weighted by atomic mass is 10.1. The first-order chi connectivity index (χ1) is 8.09. The molecule has 1 atom stereocenters. The highest BCUT2D eigenvalue weighted by Gasteiger charge is 1.99. The second-order valence-corrected chi connectivity index (χ2v) is 4.31. The molecule has 17 heavy (non-hydrogen) atoms. The van der Waals surface area contributed by atoms with Crippen molar-refractivity contribution < 1.29 is 18.1 Å². The molecule has 0 bridgehead atoms. The molecule has 1 rings (SSSR count). The highest BCUT2D eigenvalue weighted by Crippen LogP contribution is 2.19.